The van der Waals surface area contributed by atoms with Crippen molar-refractivity contribution in [1.29, 1.82) is 0 Å². The molecule has 0 atom stereocenters. The Morgan fingerprint density at radius 3 is 2.89 bits per heavy atom. The van der Waals surface area contributed by atoms with Gasteiger partial charge in [-0.05, 0) is 18.6 Å². The maximum atomic E-state index is 6.09. The first-order chi connectivity index (χ1) is 8.66. The number of benzene rings is 1. The average molecular weight is 260 g/mol. The summed E-state index contributed by atoms with van der Waals surface area (Å²) in [5.41, 5.74) is 8.07. The standard InChI is InChI=1S/C13H10ClN3O/c1-7-3-2-4-8-5-9(18-12(7)8)11-10(14)13(15)17-6-16-11/h2-6H,1H3,(H2,15,16,17). The fourth-order valence-electron chi connectivity index (χ4n) is 1.88. The number of para-hydroxylation sites is 1. The van der Waals surface area contributed by atoms with Crippen molar-refractivity contribution < 1.29 is 4.42 Å². The first-order valence-electron chi connectivity index (χ1n) is 5.42. The minimum absolute atomic E-state index is 0.249. The highest BCUT2D eigenvalue weighted by atomic mass is 35.5. The Balaban J connectivity index is 2.26. The summed E-state index contributed by atoms with van der Waals surface area (Å²) < 4.78 is 5.79. The lowest BCUT2D eigenvalue weighted by molar-refractivity contribution is 0.626. The molecule has 0 amide bonds. The number of furan rings is 1. The Hall–Kier alpha value is -2.07. The topological polar surface area (TPSA) is 64.9 Å². The SMILES string of the molecule is Cc1cccc2cc(-c3ncnc(N)c3Cl)oc12. The molecule has 0 spiro atoms. The number of hydrogen-bond acceptors (Lipinski definition) is 4. The number of aryl methyl sites for hydroxylation is 1. The third kappa shape index (κ3) is 1.62. The van der Waals surface area contributed by atoms with E-state index in [0.717, 1.165) is 16.5 Å². The first kappa shape index (κ1) is 11.0. The first-order valence-corrected chi connectivity index (χ1v) is 5.80. The zero-order valence-electron chi connectivity index (χ0n) is 9.64. The van der Waals surface area contributed by atoms with Gasteiger partial charge in [-0.25, -0.2) is 9.97 Å². The number of aromatic nitrogens is 2. The van der Waals surface area contributed by atoms with E-state index in [4.69, 9.17) is 21.8 Å². The molecule has 2 aromatic heterocycles. The van der Waals surface area contributed by atoms with E-state index in [1.807, 2.05) is 31.2 Å². The third-order valence-electron chi connectivity index (χ3n) is 2.79. The van der Waals surface area contributed by atoms with Crippen LogP contribution >= 0.6 is 11.6 Å². The molecule has 5 heteroatoms. The van der Waals surface area contributed by atoms with E-state index in [-0.39, 0.29) is 5.82 Å². The molecule has 18 heavy (non-hydrogen) atoms. The van der Waals surface area contributed by atoms with Gasteiger partial charge < -0.3 is 10.2 Å². The molecule has 0 aliphatic rings. The highest BCUT2D eigenvalue weighted by Crippen LogP contribution is 2.33. The van der Waals surface area contributed by atoms with Crippen molar-refractivity contribution in [1.82, 2.24) is 9.97 Å². The molecule has 90 valence electrons. The molecule has 1 aromatic carbocycles. The fourth-order valence-corrected chi connectivity index (χ4v) is 2.07. The van der Waals surface area contributed by atoms with Crippen molar-refractivity contribution in [3.8, 4) is 11.5 Å². The van der Waals surface area contributed by atoms with Gasteiger partial charge in [-0.1, -0.05) is 29.8 Å². The van der Waals surface area contributed by atoms with E-state index >= 15 is 0 Å². The number of halogens is 1. The monoisotopic (exact) mass is 259 g/mol. The minimum Gasteiger partial charge on any atom is -0.454 e. The summed E-state index contributed by atoms with van der Waals surface area (Å²) in [4.78, 5) is 7.95. The lowest BCUT2D eigenvalue weighted by Gasteiger charge is -2.00. The maximum absolute atomic E-state index is 6.09. The number of nitrogens with zero attached hydrogens (tertiary/aromatic N) is 2. The van der Waals surface area contributed by atoms with Crippen LogP contribution in [0.3, 0.4) is 0 Å². The fraction of sp³-hybridized carbons (Fsp3) is 0.0769. The Morgan fingerprint density at radius 2 is 2.11 bits per heavy atom. The molecule has 0 saturated carbocycles. The molecular weight excluding hydrogens is 250 g/mol. The van der Waals surface area contributed by atoms with E-state index in [2.05, 4.69) is 9.97 Å². The smallest absolute Gasteiger partial charge is 0.155 e. The van der Waals surface area contributed by atoms with Gasteiger partial charge in [0.15, 0.2) is 5.76 Å². The summed E-state index contributed by atoms with van der Waals surface area (Å²) in [5.74, 6) is 0.845. The normalized spacial score (nSPS) is 11.0. The van der Waals surface area contributed by atoms with E-state index in [9.17, 15) is 0 Å². The second-order valence-corrected chi connectivity index (χ2v) is 4.40. The second-order valence-electron chi connectivity index (χ2n) is 4.03. The maximum Gasteiger partial charge on any atom is 0.155 e. The van der Waals surface area contributed by atoms with Crippen LogP contribution in [0.15, 0.2) is 35.0 Å². The van der Waals surface area contributed by atoms with Gasteiger partial charge in [0.2, 0.25) is 0 Å². The summed E-state index contributed by atoms with van der Waals surface area (Å²) in [6, 6.07) is 7.85. The number of nitrogen functional groups attached to an aromatic ring is 1. The van der Waals surface area contributed by atoms with Crippen LogP contribution in [-0.2, 0) is 0 Å². The lowest BCUT2D eigenvalue weighted by atomic mass is 10.2. The van der Waals surface area contributed by atoms with E-state index < -0.39 is 0 Å². The van der Waals surface area contributed by atoms with Gasteiger partial charge in [-0.2, -0.15) is 0 Å². The van der Waals surface area contributed by atoms with Crippen LogP contribution in [0.1, 0.15) is 5.56 Å². The number of fused-ring (bicyclic) bond motifs is 1. The van der Waals surface area contributed by atoms with Crippen molar-refractivity contribution in [2.24, 2.45) is 0 Å². The van der Waals surface area contributed by atoms with Crippen LogP contribution in [0.2, 0.25) is 5.02 Å². The zero-order valence-corrected chi connectivity index (χ0v) is 10.4. The van der Waals surface area contributed by atoms with Crippen LogP contribution in [0, 0.1) is 6.92 Å². The van der Waals surface area contributed by atoms with E-state index in [1.54, 1.807) is 0 Å². The van der Waals surface area contributed by atoms with Gasteiger partial charge in [-0.15, -0.1) is 0 Å². The zero-order chi connectivity index (χ0) is 12.7. The van der Waals surface area contributed by atoms with Gasteiger partial charge in [0, 0.05) is 5.39 Å². The molecule has 0 aliphatic carbocycles. The molecule has 0 unspecified atom stereocenters. The van der Waals surface area contributed by atoms with Gasteiger partial charge in [0.1, 0.15) is 28.4 Å². The molecule has 0 aliphatic heterocycles. The van der Waals surface area contributed by atoms with Gasteiger partial charge >= 0.3 is 0 Å². The van der Waals surface area contributed by atoms with Crippen molar-refractivity contribution in [2.75, 3.05) is 5.73 Å². The molecule has 0 radical (unpaired) electrons. The molecular formula is C13H10ClN3O. The Morgan fingerprint density at radius 1 is 1.28 bits per heavy atom. The molecule has 0 bridgehead atoms. The van der Waals surface area contributed by atoms with Crippen molar-refractivity contribution in [2.45, 2.75) is 6.92 Å². The number of hydrogen-bond donors (Lipinski definition) is 1. The summed E-state index contributed by atoms with van der Waals surface area (Å²) in [5, 5.41) is 1.33. The van der Waals surface area contributed by atoms with Gasteiger partial charge in [0.05, 0.1) is 0 Å². The summed E-state index contributed by atoms with van der Waals surface area (Å²) in [6.07, 6.45) is 1.37. The van der Waals surface area contributed by atoms with Crippen molar-refractivity contribution in [3.63, 3.8) is 0 Å². The Bertz CT molecular complexity index is 736. The van der Waals surface area contributed by atoms with Crippen LogP contribution in [0.25, 0.3) is 22.4 Å². The van der Waals surface area contributed by atoms with Crippen molar-refractivity contribution >= 4 is 28.4 Å². The Labute approximate surface area is 108 Å². The van der Waals surface area contributed by atoms with Gasteiger partial charge in [-0.3, -0.25) is 0 Å². The minimum atomic E-state index is 0.249. The average Bonchev–Trinajstić information content (AvgIpc) is 2.78. The highest BCUT2D eigenvalue weighted by Gasteiger charge is 2.14. The second kappa shape index (κ2) is 3.99. The third-order valence-corrected chi connectivity index (χ3v) is 3.16. The largest absolute Gasteiger partial charge is 0.454 e. The molecule has 2 N–H and O–H groups in total. The Kier molecular flexibility index (Phi) is 2.45. The summed E-state index contributed by atoms with van der Waals surface area (Å²) >= 11 is 6.09. The molecule has 3 rings (SSSR count). The van der Waals surface area contributed by atoms with Crippen molar-refractivity contribution in [3.05, 3.63) is 41.2 Å². The lowest BCUT2D eigenvalue weighted by Crippen LogP contribution is -1.94. The van der Waals surface area contributed by atoms with Crippen LogP contribution in [-0.4, -0.2) is 9.97 Å². The van der Waals surface area contributed by atoms with E-state index in [1.165, 1.54) is 6.33 Å². The summed E-state index contributed by atoms with van der Waals surface area (Å²) in [7, 11) is 0. The highest BCUT2D eigenvalue weighted by molar-refractivity contribution is 6.35. The molecule has 0 fully saturated rings. The molecule has 2 heterocycles. The predicted molar refractivity (Wildman–Crippen MR) is 71.4 cm³/mol. The van der Waals surface area contributed by atoms with Gasteiger partial charge in [0.25, 0.3) is 0 Å². The molecule has 3 aromatic rings. The van der Waals surface area contributed by atoms with Crippen LogP contribution < -0.4 is 5.73 Å². The van der Waals surface area contributed by atoms with E-state index in [0.29, 0.717) is 16.5 Å². The van der Waals surface area contributed by atoms with Crippen LogP contribution in [0.5, 0.6) is 0 Å². The summed E-state index contributed by atoms with van der Waals surface area (Å²) in [6.45, 7) is 1.99. The number of nitrogens with two attached hydrogens (primary N) is 1. The van der Waals surface area contributed by atoms with Crippen LogP contribution in [0.4, 0.5) is 5.82 Å². The predicted octanol–water partition coefficient (Wildman–Crippen LogP) is 3.43. The number of rotatable bonds is 1. The number of anilines is 1. The quantitative estimate of drug-likeness (QED) is 0.727. The molecule has 4 nitrogen and oxygen atoms in total. The molecule has 0 saturated heterocycles.